The van der Waals surface area contributed by atoms with Gasteiger partial charge in [-0.25, -0.2) is 19.2 Å². The van der Waals surface area contributed by atoms with Crippen molar-refractivity contribution >= 4 is 135 Å². The molecule has 10 amide bonds. The molecule has 2 aliphatic rings. The van der Waals surface area contributed by atoms with Crippen LogP contribution >= 0.6 is 22.6 Å². The number of para-hydroxylation sites is 1. The molecule has 0 aromatic heterocycles. The maximum Gasteiger partial charge on any atom is 0.326 e. The molecule has 2 heterocycles. The molecule has 744 valence electrons. The number of anilines is 1. The summed E-state index contributed by atoms with van der Waals surface area (Å²) in [7, 11) is 1.90. The van der Waals surface area contributed by atoms with Crippen molar-refractivity contribution in [3.63, 3.8) is 0 Å². The smallest absolute Gasteiger partial charge is 0.326 e. The minimum Gasteiger partial charge on any atom is -0.481 e. The predicted molar refractivity (Wildman–Crippen MR) is 497 cm³/mol. The van der Waals surface area contributed by atoms with Gasteiger partial charge in [-0.2, -0.15) is 0 Å². The number of nitrogens with zero attached hydrogens (tertiary/aromatic N) is 6. The molecule has 4 unspecified atom stereocenters. The lowest BCUT2D eigenvalue weighted by Gasteiger charge is -2.34. The standard InChI is InChI=1S/C89H134IN17O27/c1-102(40-14-38-95-77(113)58-103-41-43-104(59-80(117)118)45-47-106(61-82(121)122)48-46-105(44-42-103)60-81(119)120)84-65-17-5-4-16-63(65)57-107(71-21-7-6-18-66(71)83(84)101-91)78(114)32-31-75(111)96-39-50-132-52-54-134-56-55-133-53-51-131-49-34-76(112)97-67(85(123)98-68(86(124)125)19-8-11-37-93-73(109)23-13-15-62-24-26-64(90)27-25-62)28-30-74(110)94-35-10-2-3-22-72(108)92-36-12-9-20-69(87(126)127)99-89(130)100-70(88(128)129)29-33-79(115)116/h4-7,16-18,21,24-27,67-70,101H,2-3,8-15,19-20,22-23,28-61,91H2,1H3,(H,92,108)(H,93,109)(H,94,110)(H,95,113)(H,96,111)(H,97,112)(H,98,123)(H,115,116)(H,117,118)(H,119,120)(H,121,122)(H,124,125)(H,126,127)(H,128,129)(H2,99,100,130)/b84-83-. The second-order valence-electron chi connectivity index (χ2n) is 32.2. The number of aryl methyl sites for hydroxylation is 1. The fraction of sp³-hybridized carbons (Fsp3) is 0.596. The number of nitrogens with two attached hydrogens (primary N) is 1. The van der Waals surface area contributed by atoms with Crippen LogP contribution in [0.5, 0.6) is 0 Å². The number of urea groups is 1. The first-order chi connectivity index (χ1) is 64.3. The number of halogens is 1. The molecule has 5 rings (SSSR count). The first kappa shape index (κ1) is 113. The molecule has 0 aliphatic carbocycles. The Kier molecular flexibility index (Phi) is 55.2. The Hall–Kier alpha value is -11.3. The second-order valence-corrected chi connectivity index (χ2v) is 33.5. The molecule has 4 atom stereocenters. The van der Waals surface area contributed by atoms with E-state index in [9.17, 15) is 107 Å². The number of benzene rings is 3. The Morgan fingerprint density at radius 2 is 0.836 bits per heavy atom. The molecular formula is C89H134IN17O27. The lowest BCUT2D eigenvalue weighted by atomic mass is 9.95. The van der Waals surface area contributed by atoms with E-state index < -0.39 is 103 Å². The van der Waals surface area contributed by atoms with Crippen LogP contribution in [0.25, 0.3) is 11.4 Å². The quantitative estimate of drug-likeness (QED) is 0.0161. The van der Waals surface area contributed by atoms with Crippen LogP contribution in [0.3, 0.4) is 0 Å². The third-order valence-electron chi connectivity index (χ3n) is 21.7. The van der Waals surface area contributed by atoms with Crippen LogP contribution in [0, 0.1) is 3.57 Å². The van der Waals surface area contributed by atoms with Crippen molar-refractivity contribution in [2.75, 3.05) is 183 Å². The Morgan fingerprint density at radius 3 is 1.37 bits per heavy atom. The summed E-state index contributed by atoms with van der Waals surface area (Å²) in [6, 6.07) is 16.2. The summed E-state index contributed by atoms with van der Waals surface area (Å²) >= 11 is 2.22. The van der Waals surface area contributed by atoms with Gasteiger partial charge >= 0.3 is 47.8 Å². The number of unbranched alkanes of at least 4 members (excludes halogenated alkanes) is 4. The van der Waals surface area contributed by atoms with Gasteiger partial charge in [0.05, 0.1) is 103 Å². The Balaban J connectivity index is 0.988. The lowest BCUT2D eigenvalue weighted by Crippen LogP contribution is -2.52. The zero-order valence-corrected chi connectivity index (χ0v) is 78.3. The van der Waals surface area contributed by atoms with Gasteiger partial charge in [0.25, 0.3) is 0 Å². The second kappa shape index (κ2) is 65.4. The molecule has 3 aromatic rings. The topological polar surface area (TPSA) is 617 Å². The van der Waals surface area contributed by atoms with E-state index in [1.165, 1.54) is 0 Å². The van der Waals surface area contributed by atoms with E-state index in [2.05, 4.69) is 75.9 Å². The number of fused-ring (bicyclic) bond motifs is 2. The number of hydrogen-bond acceptors (Lipinski definition) is 27. The van der Waals surface area contributed by atoms with Gasteiger partial charge < -0.3 is 118 Å². The molecule has 44 nitrogen and oxygen atoms in total. The van der Waals surface area contributed by atoms with E-state index in [1.54, 1.807) is 25.7 Å². The molecule has 1 fully saturated rings. The maximum absolute atomic E-state index is 14.3. The van der Waals surface area contributed by atoms with Crippen molar-refractivity contribution < 1.29 is 131 Å². The first-order valence-corrected chi connectivity index (χ1v) is 46.3. The number of amides is 10. The molecule has 3 aromatic carbocycles. The van der Waals surface area contributed by atoms with E-state index in [-0.39, 0.29) is 251 Å². The molecular weight excluding hydrogens is 1870 g/mol. The summed E-state index contributed by atoms with van der Waals surface area (Å²) in [5.74, 6) is -5.54. The number of rotatable bonds is 66. The van der Waals surface area contributed by atoms with Crippen LogP contribution in [-0.4, -0.2) is 357 Å². The highest BCUT2D eigenvalue weighted by Crippen LogP contribution is 2.38. The van der Waals surface area contributed by atoms with Gasteiger partial charge in [-0.1, -0.05) is 61.0 Å². The molecule has 0 saturated carbocycles. The number of aliphatic carboxylic acids is 7. The van der Waals surface area contributed by atoms with Crippen LogP contribution in [-0.2, 0) is 104 Å². The third-order valence-corrected chi connectivity index (χ3v) is 22.4. The van der Waals surface area contributed by atoms with Crippen molar-refractivity contribution in [2.24, 2.45) is 5.84 Å². The molecule has 1 saturated heterocycles. The maximum atomic E-state index is 14.3. The largest absolute Gasteiger partial charge is 0.481 e. The summed E-state index contributed by atoms with van der Waals surface area (Å²) in [6.45, 7) is 4.04. The van der Waals surface area contributed by atoms with Crippen molar-refractivity contribution in [3.05, 3.63) is 98.6 Å². The Morgan fingerprint density at radius 1 is 0.396 bits per heavy atom. The monoisotopic (exact) mass is 2000 g/mol. The summed E-state index contributed by atoms with van der Waals surface area (Å²) in [6.07, 6.45) is 3.28. The van der Waals surface area contributed by atoms with E-state index in [1.807, 2.05) is 83.6 Å². The van der Waals surface area contributed by atoms with Crippen LogP contribution in [0.2, 0.25) is 0 Å². The number of carboxylic acid groups (broad SMARTS) is 7. The average molecular weight is 2000 g/mol. The first-order valence-electron chi connectivity index (χ1n) is 45.2. The number of hydrogen-bond donors (Lipinski definition) is 18. The fourth-order valence-electron chi connectivity index (χ4n) is 14.5. The van der Waals surface area contributed by atoms with E-state index >= 15 is 0 Å². The lowest BCUT2D eigenvalue weighted by molar-refractivity contribution is -0.143. The van der Waals surface area contributed by atoms with Crippen molar-refractivity contribution in [3.8, 4) is 0 Å². The summed E-state index contributed by atoms with van der Waals surface area (Å²) < 4.78 is 23.6. The molecule has 2 aliphatic heterocycles. The SMILES string of the molecule is CN(CCCNC(=O)CN1CCN(CC(=O)O)CCN(CC(=O)O)CCN(CC(=O)O)CC1)/C1=C(\NN)c2ccccc2N(C(=O)CCC(=O)NCCOCCOCCOCCOCCC(=O)NC(CCC(=O)NCCCCCC(=O)NCCCCC(NC(=O)NC(CCC(=O)O)C(=O)O)C(=O)O)C(=O)NC(CCCCNC(=O)CCCc2ccc(I)cc2)C(=O)O)Cc2ccccc21. The van der Waals surface area contributed by atoms with E-state index in [4.69, 9.17) is 29.9 Å². The Labute approximate surface area is 792 Å². The van der Waals surface area contributed by atoms with Gasteiger partial charge in [-0.15, -0.1) is 0 Å². The third kappa shape index (κ3) is 48.1. The predicted octanol–water partition coefficient (Wildman–Crippen LogP) is 0.871. The van der Waals surface area contributed by atoms with Gasteiger partial charge in [-0.05, 0) is 135 Å². The number of hydrazine groups is 1. The van der Waals surface area contributed by atoms with E-state index in [0.717, 1.165) is 32.4 Å². The highest BCUT2D eigenvalue weighted by molar-refractivity contribution is 14.1. The number of nitrogens with one attached hydrogen (secondary N) is 10. The van der Waals surface area contributed by atoms with Crippen LogP contribution in [0.15, 0.2) is 72.8 Å². The van der Waals surface area contributed by atoms with Crippen LogP contribution in [0.1, 0.15) is 151 Å². The summed E-state index contributed by atoms with van der Waals surface area (Å²) in [5.41, 5.74) is 8.05. The Bertz CT molecular complexity index is 4260. The molecule has 45 heteroatoms. The van der Waals surface area contributed by atoms with Crippen molar-refractivity contribution in [2.45, 2.75) is 166 Å². The number of carbonyl (C=O) groups excluding carboxylic acids is 9. The van der Waals surface area contributed by atoms with Crippen LogP contribution < -0.4 is 64.0 Å². The number of carboxylic acids is 7. The van der Waals surface area contributed by atoms with Crippen molar-refractivity contribution in [1.29, 1.82) is 0 Å². The highest BCUT2D eigenvalue weighted by Gasteiger charge is 2.32. The minimum atomic E-state index is -1.55. The number of carbonyl (C=O) groups is 16. The zero-order chi connectivity index (χ0) is 98.0. The normalized spacial score (nSPS) is 14.8. The van der Waals surface area contributed by atoms with Gasteiger partial charge in [0.1, 0.15) is 24.2 Å². The molecule has 19 N–H and O–H groups in total. The molecule has 0 bridgehead atoms. The highest BCUT2D eigenvalue weighted by atomic mass is 127. The van der Waals surface area contributed by atoms with Gasteiger partial charge in [-0.3, -0.25) is 83.0 Å². The number of ether oxygens (including phenoxy) is 4. The van der Waals surface area contributed by atoms with Crippen LogP contribution in [0.4, 0.5) is 10.5 Å². The molecule has 134 heavy (non-hydrogen) atoms. The molecule has 0 spiro atoms. The summed E-state index contributed by atoms with van der Waals surface area (Å²) in [4.78, 5) is 211. The zero-order valence-electron chi connectivity index (χ0n) is 76.1. The minimum absolute atomic E-state index is 0.00516. The van der Waals surface area contributed by atoms with Crippen molar-refractivity contribution in [1.82, 2.24) is 77.8 Å². The fourth-order valence-corrected chi connectivity index (χ4v) is 14.9. The van der Waals surface area contributed by atoms with Gasteiger partial charge in [0.2, 0.25) is 47.3 Å². The van der Waals surface area contributed by atoms with Gasteiger partial charge in [0, 0.05) is 158 Å². The average Bonchev–Trinajstić information content (AvgIpc) is 0.762. The van der Waals surface area contributed by atoms with Gasteiger partial charge in [0.15, 0.2) is 0 Å². The molecule has 0 radical (unpaired) electrons. The van der Waals surface area contributed by atoms with E-state index in [0.29, 0.717) is 87.8 Å². The summed E-state index contributed by atoms with van der Waals surface area (Å²) in [5, 5.41) is 90.1.